The third kappa shape index (κ3) is 4.27. The average Bonchev–Trinajstić information content (AvgIpc) is 2.53. The van der Waals surface area contributed by atoms with E-state index in [0.29, 0.717) is 36.4 Å². The van der Waals surface area contributed by atoms with Gasteiger partial charge in [-0.3, -0.25) is 4.79 Å². The molecule has 0 aromatic heterocycles. The molecule has 24 heavy (non-hydrogen) atoms. The second-order valence-corrected chi connectivity index (χ2v) is 6.95. The van der Waals surface area contributed by atoms with Crippen molar-refractivity contribution in [1.82, 2.24) is 0 Å². The monoisotopic (exact) mass is 338 g/mol. The molecule has 5 nitrogen and oxygen atoms in total. The Kier molecular flexibility index (Phi) is 5.88. The molecular weight excluding hydrogens is 314 g/mol. The number of methoxy groups -OCH3 is 1. The van der Waals surface area contributed by atoms with Crippen LogP contribution in [0.5, 0.6) is 5.75 Å². The molecule has 0 amide bonds. The molecule has 0 bridgehead atoms. The van der Waals surface area contributed by atoms with Crippen molar-refractivity contribution in [3.05, 3.63) is 23.5 Å². The predicted molar refractivity (Wildman–Crippen MR) is 89.1 cm³/mol. The van der Waals surface area contributed by atoms with E-state index in [9.17, 15) is 14.3 Å². The van der Waals surface area contributed by atoms with Crippen LogP contribution in [0.2, 0.25) is 0 Å². The SMILES string of the molecule is CCC(Cc1cc(B2OCC(C)(C)CO2)c(OC)cc1F)C(=O)O. The van der Waals surface area contributed by atoms with Crippen molar-refractivity contribution < 1.29 is 28.3 Å². The van der Waals surface area contributed by atoms with Crippen LogP contribution < -0.4 is 10.2 Å². The molecule has 1 aromatic carbocycles. The molecule has 1 aliphatic heterocycles. The van der Waals surface area contributed by atoms with Gasteiger partial charge in [0.05, 0.1) is 13.0 Å². The van der Waals surface area contributed by atoms with Crippen molar-refractivity contribution in [3.8, 4) is 5.75 Å². The normalized spacial score (nSPS) is 18.3. The topological polar surface area (TPSA) is 65.0 Å². The van der Waals surface area contributed by atoms with E-state index in [2.05, 4.69) is 0 Å². The summed E-state index contributed by atoms with van der Waals surface area (Å²) in [6.45, 7) is 6.88. The summed E-state index contributed by atoms with van der Waals surface area (Å²) >= 11 is 0. The van der Waals surface area contributed by atoms with Crippen molar-refractivity contribution in [2.45, 2.75) is 33.6 Å². The fourth-order valence-corrected chi connectivity index (χ4v) is 2.68. The number of halogens is 1. The molecule has 1 fully saturated rings. The largest absolute Gasteiger partial charge is 0.497 e. The van der Waals surface area contributed by atoms with E-state index < -0.39 is 24.8 Å². The summed E-state index contributed by atoms with van der Waals surface area (Å²) < 4.78 is 31.1. The highest BCUT2D eigenvalue weighted by Crippen LogP contribution is 2.25. The van der Waals surface area contributed by atoms with E-state index in [1.807, 2.05) is 13.8 Å². The first-order valence-electron chi connectivity index (χ1n) is 8.09. The number of rotatable bonds is 6. The summed E-state index contributed by atoms with van der Waals surface area (Å²) in [7, 11) is 0.814. The molecular formula is C17H24BFO5. The van der Waals surface area contributed by atoms with Crippen molar-refractivity contribution >= 4 is 18.6 Å². The minimum absolute atomic E-state index is 0.0801. The highest BCUT2D eigenvalue weighted by Gasteiger charge is 2.36. The van der Waals surface area contributed by atoms with E-state index in [1.165, 1.54) is 13.2 Å². The van der Waals surface area contributed by atoms with E-state index in [0.717, 1.165) is 0 Å². The first-order valence-corrected chi connectivity index (χ1v) is 8.09. The number of benzene rings is 1. The van der Waals surface area contributed by atoms with Crippen LogP contribution in [0, 0.1) is 17.2 Å². The molecule has 0 spiro atoms. The number of ether oxygens (including phenoxy) is 1. The van der Waals surface area contributed by atoms with Gasteiger partial charge in [0.25, 0.3) is 0 Å². The quantitative estimate of drug-likeness (QED) is 0.806. The van der Waals surface area contributed by atoms with Crippen molar-refractivity contribution in [2.24, 2.45) is 11.3 Å². The molecule has 7 heteroatoms. The lowest BCUT2D eigenvalue weighted by molar-refractivity contribution is -0.141. The maximum absolute atomic E-state index is 14.3. The standard InChI is InChI=1S/C17H24BFO5/c1-5-11(16(20)21)6-12-7-13(15(22-4)8-14(12)19)18-23-9-17(2,3)10-24-18/h7-8,11H,5-6,9-10H2,1-4H3,(H,20,21). The van der Waals surface area contributed by atoms with Crippen molar-refractivity contribution in [3.63, 3.8) is 0 Å². The molecule has 0 aliphatic carbocycles. The summed E-state index contributed by atoms with van der Waals surface area (Å²) in [5, 5.41) is 9.21. The summed E-state index contributed by atoms with van der Waals surface area (Å²) in [4.78, 5) is 11.2. The molecule has 0 saturated carbocycles. The number of hydrogen-bond donors (Lipinski definition) is 1. The van der Waals surface area contributed by atoms with Crippen LogP contribution in [0.15, 0.2) is 12.1 Å². The summed E-state index contributed by atoms with van der Waals surface area (Å²) in [6.07, 6.45) is 0.549. The van der Waals surface area contributed by atoms with Crippen LogP contribution in [-0.2, 0) is 20.5 Å². The Morgan fingerprint density at radius 3 is 2.54 bits per heavy atom. The molecule has 1 unspecified atom stereocenters. The molecule has 1 atom stereocenters. The fourth-order valence-electron chi connectivity index (χ4n) is 2.68. The van der Waals surface area contributed by atoms with E-state index in [1.54, 1.807) is 13.0 Å². The third-order valence-corrected chi connectivity index (χ3v) is 4.21. The molecule has 1 N–H and O–H groups in total. The zero-order valence-corrected chi connectivity index (χ0v) is 14.6. The van der Waals surface area contributed by atoms with Gasteiger partial charge in [0.1, 0.15) is 11.6 Å². The first kappa shape index (κ1) is 18.7. The Hall–Kier alpha value is -1.60. The van der Waals surface area contributed by atoms with E-state index in [4.69, 9.17) is 14.0 Å². The van der Waals surface area contributed by atoms with Crippen LogP contribution in [0.1, 0.15) is 32.8 Å². The number of carboxylic acid groups (broad SMARTS) is 1. The summed E-state index contributed by atoms with van der Waals surface area (Å²) in [5.41, 5.74) is 0.838. The fraction of sp³-hybridized carbons (Fsp3) is 0.588. The molecule has 1 heterocycles. The maximum Gasteiger partial charge on any atom is 0.497 e. The van der Waals surface area contributed by atoms with E-state index in [-0.39, 0.29) is 11.8 Å². The van der Waals surface area contributed by atoms with Gasteiger partial charge in [-0.25, -0.2) is 4.39 Å². The van der Waals surface area contributed by atoms with Gasteiger partial charge in [0.2, 0.25) is 0 Å². The van der Waals surface area contributed by atoms with Crippen LogP contribution in [0.4, 0.5) is 4.39 Å². The van der Waals surface area contributed by atoms with Gasteiger partial charge in [-0.2, -0.15) is 0 Å². The van der Waals surface area contributed by atoms with Crippen LogP contribution >= 0.6 is 0 Å². The smallest absolute Gasteiger partial charge is 0.497 e. The van der Waals surface area contributed by atoms with Gasteiger partial charge < -0.3 is 19.2 Å². The van der Waals surface area contributed by atoms with Crippen LogP contribution in [-0.4, -0.2) is 38.5 Å². The molecule has 1 aromatic rings. The van der Waals surface area contributed by atoms with Crippen LogP contribution in [0.3, 0.4) is 0 Å². The molecule has 132 valence electrons. The van der Waals surface area contributed by atoms with E-state index >= 15 is 0 Å². The number of aliphatic carboxylic acids is 1. The lowest BCUT2D eigenvalue weighted by Gasteiger charge is -2.33. The zero-order valence-electron chi connectivity index (χ0n) is 14.6. The minimum Gasteiger partial charge on any atom is -0.497 e. The highest BCUT2D eigenvalue weighted by atomic mass is 19.1. The third-order valence-electron chi connectivity index (χ3n) is 4.21. The lowest BCUT2D eigenvalue weighted by atomic mass is 9.74. The summed E-state index contributed by atoms with van der Waals surface area (Å²) in [6, 6.07) is 2.87. The lowest BCUT2D eigenvalue weighted by Crippen LogP contribution is -2.48. The predicted octanol–water partition coefficient (Wildman–Crippen LogP) is 2.26. The van der Waals surface area contributed by atoms with Gasteiger partial charge in [-0.15, -0.1) is 0 Å². The maximum atomic E-state index is 14.3. The molecule has 0 radical (unpaired) electrons. The molecule has 2 rings (SSSR count). The van der Waals surface area contributed by atoms with Gasteiger partial charge in [0.15, 0.2) is 0 Å². The second kappa shape index (κ2) is 7.53. The average molecular weight is 338 g/mol. The molecule has 1 saturated heterocycles. The Bertz CT molecular complexity index is 595. The Balaban J connectivity index is 2.30. The van der Waals surface area contributed by atoms with Crippen LogP contribution in [0.25, 0.3) is 0 Å². The Morgan fingerprint density at radius 2 is 2.04 bits per heavy atom. The number of carbonyl (C=O) groups is 1. The number of carboxylic acids is 1. The van der Waals surface area contributed by atoms with Crippen molar-refractivity contribution in [2.75, 3.05) is 20.3 Å². The Morgan fingerprint density at radius 1 is 1.42 bits per heavy atom. The zero-order chi connectivity index (χ0) is 17.9. The Labute approximate surface area is 142 Å². The molecule has 1 aliphatic rings. The summed E-state index contributed by atoms with van der Waals surface area (Å²) in [5.74, 6) is -1.70. The number of hydrogen-bond acceptors (Lipinski definition) is 4. The van der Waals surface area contributed by atoms with Crippen molar-refractivity contribution in [1.29, 1.82) is 0 Å². The van der Waals surface area contributed by atoms with Gasteiger partial charge >= 0.3 is 13.1 Å². The minimum atomic E-state index is -0.929. The first-order chi connectivity index (χ1) is 11.3. The second-order valence-electron chi connectivity index (χ2n) is 6.95. The van der Waals surface area contributed by atoms with Gasteiger partial charge in [-0.05, 0) is 18.4 Å². The van der Waals surface area contributed by atoms with Gasteiger partial charge in [0, 0.05) is 30.2 Å². The highest BCUT2D eigenvalue weighted by molar-refractivity contribution is 6.62. The van der Waals surface area contributed by atoms with Gasteiger partial charge in [-0.1, -0.05) is 26.8 Å².